The maximum absolute atomic E-state index is 11.9. The van der Waals surface area contributed by atoms with E-state index in [-0.39, 0.29) is 11.8 Å². The predicted molar refractivity (Wildman–Crippen MR) is 72.1 cm³/mol. The van der Waals surface area contributed by atoms with Gasteiger partial charge in [-0.2, -0.15) is 0 Å². The molecule has 2 aromatic rings. The third-order valence-electron chi connectivity index (χ3n) is 2.45. The van der Waals surface area contributed by atoms with Gasteiger partial charge in [-0.1, -0.05) is 18.5 Å². The van der Waals surface area contributed by atoms with E-state index in [0.29, 0.717) is 17.1 Å². The third kappa shape index (κ3) is 3.05. The first-order chi connectivity index (χ1) is 8.68. The highest BCUT2D eigenvalue weighted by Crippen LogP contribution is 2.17. The average Bonchev–Trinajstić information content (AvgIpc) is 2.90. The summed E-state index contributed by atoms with van der Waals surface area (Å²) in [7, 11) is 0. The SMILES string of the molecule is CC(CNC(=O)c1cnccc1Cl)c1nccs1. The fraction of sp³-hybridized carbons (Fsp3) is 0.250. The standard InChI is InChI=1S/C12H12ClN3OS/c1-8(12-15-4-5-18-12)6-16-11(17)9-7-14-3-2-10(9)13/h2-5,7-8H,6H2,1H3,(H,16,17). The molecule has 0 radical (unpaired) electrons. The summed E-state index contributed by atoms with van der Waals surface area (Å²) >= 11 is 7.50. The van der Waals surface area contributed by atoms with Crippen LogP contribution in [0.4, 0.5) is 0 Å². The van der Waals surface area contributed by atoms with Crippen molar-refractivity contribution in [3.05, 3.63) is 45.6 Å². The number of nitrogens with zero attached hydrogens (tertiary/aromatic N) is 2. The molecular weight excluding hydrogens is 270 g/mol. The first-order valence-electron chi connectivity index (χ1n) is 5.45. The zero-order valence-corrected chi connectivity index (χ0v) is 11.3. The molecule has 1 amide bonds. The lowest BCUT2D eigenvalue weighted by molar-refractivity contribution is 0.0951. The first kappa shape index (κ1) is 13.0. The smallest absolute Gasteiger partial charge is 0.254 e. The largest absolute Gasteiger partial charge is 0.351 e. The molecule has 0 aliphatic heterocycles. The Labute approximate surface area is 114 Å². The lowest BCUT2D eigenvalue weighted by Gasteiger charge is -2.10. The minimum absolute atomic E-state index is 0.185. The molecule has 1 unspecified atom stereocenters. The monoisotopic (exact) mass is 281 g/mol. The van der Waals surface area contributed by atoms with Crippen LogP contribution in [-0.2, 0) is 0 Å². The van der Waals surface area contributed by atoms with Crippen molar-refractivity contribution < 1.29 is 4.79 Å². The molecule has 0 aliphatic carbocycles. The molecular formula is C12H12ClN3OS. The molecule has 2 rings (SSSR count). The van der Waals surface area contributed by atoms with Gasteiger partial charge in [-0.3, -0.25) is 9.78 Å². The second-order valence-corrected chi connectivity index (χ2v) is 5.17. The molecule has 0 saturated heterocycles. The van der Waals surface area contributed by atoms with Crippen molar-refractivity contribution in [3.63, 3.8) is 0 Å². The highest BCUT2D eigenvalue weighted by molar-refractivity contribution is 7.09. The number of hydrogen-bond acceptors (Lipinski definition) is 4. The number of halogens is 1. The molecule has 4 nitrogen and oxygen atoms in total. The Bertz CT molecular complexity index is 530. The van der Waals surface area contributed by atoms with Crippen molar-refractivity contribution in [2.24, 2.45) is 0 Å². The van der Waals surface area contributed by atoms with E-state index in [4.69, 9.17) is 11.6 Å². The number of thiazole rings is 1. The number of hydrogen-bond donors (Lipinski definition) is 1. The van der Waals surface area contributed by atoms with Crippen LogP contribution in [0.2, 0.25) is 5.02 Å². The van der Waals surface area contributed by atoms with Crippen molar-refractivity contribution >= 4 is 28.8 Å². The average molecular weight is 282 g/mol. The Morgan fingerprint density at radius 2 is 2.39 bits per heavy atom. The van der Waals surface area contributed by atoms with Crippen LogP contribution in [0.3, 0.4) is 0 Å². The number of rotatable bonds is 4. The number of carbonyl (C=O) groups excluding carboxylic acids is 1. The Morgan fingerprint density at radius 3 is 3.06 bits per heavy atom. The Kier molecular flexibility index (Phi) is 4.28. The summed E-state index contributed by atoms with van der Waals surface area (Å²) in [5.74, 6) is -0.0269. The van der Waals surface area contributed by atoms with E-state index in [1.54, 1.807) is 29.8 Å². The summed E-state index contributed by atoms with van der Waals surface area (Å²) in [4.78, 5) is 20.0. The predicted octanol–water partition coefficient (Wildman–Crippen LogP) is 2.73. The molecule has 0 saturated carbocycles. The number of nitrogens with one attached hydrogen (secondary N) is 1. The summed E-state index contributed by atoms with van der Waals surface area (Å²) in [6.07, 6.45) is 4.78. The summed E-state index contributed by atoms with van der Waals surface area (Å²) in [6, 6.07) is 1.60. The summed E-state index contributed by atoms with van der Waals surface area (Å²) in [6.45, 7) is 2.54. The Morgan fingerprint density at radius 1 is 1.56 bits per heavy atom. The van der Waals surface area contributed by atoms with Gasteiger partial charge < -0.3 is 5.32 Å². The van der Waals surface area contributed by atoms with Crippen LogP contribution in [0.5, 0.6) is 0 Å². The van der Waals surface area contributed by atoms with Crippen molar-refractivity contribution in [3.8, 4) is 0 Å². The maximum atomic E-state index is 11.9. The maximum Gasteiger partial charge on any atom is 0.254 e. The molecule has 1 N–H and O–H groups in total. The van der Waals surface area contributed by atoms with Gasteiger partial charge >= 0.3 is 0 Å². The van der Waals surface area contributed by atoms with Crippen molar-refractivity contribution in [2.75, 3.05) is 6.54 Å². The summed E-state index contributed by atoms with van der Waals surface area (Å²) < 4.78 is 0. The van der Waals surface area contributed by atoms with Gasteiger partial charge in [0.15, 0.2) is 0 Å². The quantitative estimate of drug-likeness (QED) is 0.937. The van der Waals surface area contributed by atoms with E-state index in [0.717, 1.165) is 5.01 Å². The zero-order chi connectivity index (χ0) is 13.0. The van der Waals surface area contributed by atoms with Crippen LogP contribution in [-0.4, -0.2) is 22.4 Å². The fourth-order valence-corrected chi connectivity index (χ4v) is 2.34. The van der Waals surface area contributed by atoms with Crippen LogP contribution >= 0.6 is 22.9 Å². The number of pyridine rings is 1. The third-order valence-corrected chi connectivity index (χ3v) is 3.79. The molecule has 0 spiro atoms. The summed E-state index contributed by atoms with van der Waals surface area (Å²) in [5.41, 5.74) is 0.394. The molecule has 0 bridgehead atoms. The molecule has 0 aromatic carbocycles. The summed E-state index contributed by atoms with van der Waals surface area (Å²) in [5, 5.41) is 6.17. The topological polar surface area (TPSA) is 54.9 Å². The molecule has 6 heteroatoms. The van der Waals surface area contributed by atoms with Crippen LogP contribution in [0.15, 0.2) is 30.0 Å². The lowest BCUT2D eigenvalue weighted by atomic mass is 10.2. The first-order valence-corrected chi connectivity index (χ1v) is 6.71. The molecule has 0 aliphatic rings. The minimum atomic E-state index is -0.212. The number of aromatic nitrogens is 2. The van der Waals surface area contributed by atoms with Gasteiger partial charge in [0, 0.05) is 36.4 Å². The fourth-order valence-electron chi connectivity index (χ4n) is 1.45. The number of carbonyl (C=O) groups is 1. The van der Waals surface area contributed by atoms with Crippen LogP contribution in [0.25, 0.3) is 0 Å². The second kappa shape index (κ2) is 5.93. The Balaban J connectivity index is 1.95. The molecule has 2 heterocycles. The van der Waals surface area contributed by atoms with E-state index in [1.807, 2.05) is 12.3 Å². The van der Waals surface area contributed by atoms with Gasteiger partial charge in [0.05, 0.1) is 15.6 Å². The van der Waals surface area contributed by atoms with Crippen LogP contribution in [0.1, 0.15) is 28.2 Å². The Hall–Kier alpha value is -1.46. The van der Waals surface area contributed by atoms with Gasteiger partial charge in [-0.05, 0) is 6.07 Å². The second-order valence-electron chi connectivity index (χ2n) is 3.84. The van der Waals surface area contributed by atoms with Crippen molar-refractivity contribution in [1.29, 1.82) is 0 Å². The minimum Gasteiger partial charge on any atom is -0.351 e. The molecule has 0 fully saturated rings. The van der Waals surface area contributed by atoms with Gasteiger partial charge in [-0.15, -0.1) is 11.3 Å². The number of amides is 1. The van der Waals surface area contributed by atoms with Crippen LogP contribution < -0.4 is 5.32 Å². The van der Waals surface area contributed by atoms with Gasteiger partial charge in [0.25, 0.3) is 5.91 Å². The van der Waals surface area contributed by atoms with Gasteiger partial charge in [-0.25, -0.2) is 4.98 Å². The molecule has 18 heavy (non-hydrogen) atoms. The lowest BCUT2D eigenvalue weighted by Crippen LogP contribution is -2.27. The van der Waals surface area contributed by atoms with Gasteiger partial charge in [0.1, 0.15) is 0 Å². The molecule has 1 atom stereocenters. The van der Waals surface area contributed by atoms with Crippen LogP contribution in [0, 0.1) is 0 Å². The molecule has 94 valence electrons. The van der Waals surface area contributed by atoms with Crippen molar-refractivity contribution in [2.45, 2.75) is 12.8 Å². The highest BCUT2D eigenvalue weighted by Gasteiger charge is 2.13. The highest BCUT2D eigenvalue weighted by atomic mass is 35.5. The normalized spacial score (nSPS) is 12.1. The van der Waals surface area contributed by atoms with E-state index in [2.05, 4.69) is 15.3 Å². The van der Waals surface area contributed by atoms with E-state index in [9.17, 15) is 4.79 Å². The molecule has 2 aromatic heterocycles. The van der Waals surface area contributed by atoms with E-state index < -0.39 is 0 Å². The van der Waals surface area contributed by atoms with E-state index >= 15 is 0 Å². The van der Waals surface area contributed by atoms with Crippen molar-refractivity contribution in [1.82, 2.24) is 15.3 Å². The zero-order valence-electron chi connectivity index (χ0n) is 9.76. The van der Waals surface area contributed by atoms with Gasteiger partial charge in [0.2, 0.25) is 0 Å². The van der Waals surface area contributed by atoms with E-state index in [1.165, 1.54) is 6.20 Å².